The average Bonchev–Trinajstić information content (AvgIpc) is 2.67. The third-order valence-electron chi connectivity index (χ3n) is 3.68. The first-order valence-electron chi connectivity index (χ1n) is 8.49. The first-order chi connectivity index (χ1) is 12.6. The van der Waals surface area contributed by atoms with Gasteiger partial charge < -0.3 is 10.1 Å². The van der Waals surface area contributed by atoms with Gasteiger partial charge in [0.15, 0.2) is 0 Å². The van der Waals surface area contributed by atoms with Gasteiger partial charge in [-0.05, 0) is 36.6 Å². The largest absolute Gasteiger partial charge is 0.489 e. The van der Waals surface area contributed by atoms with Crippen LogP contribution >= 0.6 is 0 Å². The molecule has 2 N–H and O–H groups in total. The zero-order chi connectivity index (χ0) is 18.8. The molecule has 136 valence electrons. The summed E-state index contributed by atoms with van der Waals surface area (Å²) in [6.07, 6.45) is 2.21. The van der Waals surface area contributed by atoms with E-state index in [2.05, 4.69) is 15.8 Å². The number of carbonyl (C=O) groups excluding carboxylic acids is 2. The number of hydrogen-bond donors (Lipinski definition) is 2. The zero-order valence-electron chi connectivity index (χ0n) is 14.9. The molecule has 0 fully saturated rings. The van der Waals surface area contributed by atoms with E-state index in [1.54, 1.807) is 6.07 Å². The highest BCUT2D eigenvalue weighted by atomic mass is 16.5. The average molecular weight is 353 g/mol. The van der Waals surface area contributed by atoms with Crippen LogP contribution in [0.2, 0.25) is 0 Å². The van der Waals surface area contributed by atoms with Crippen LogP contribution in [0.3, 0.4) is 0 Å². The Morgan fingerprint density at radius 2 is 1.88 bits per heavy atom. The lowest BCUT2D eigenvalue weighted by Gasteiger charge is -2.09. The Kier molecular flexibility index (Phi) is 7.36. The van der Waals surface area contributed by atoms with Gasteiger partial charge in [-0.15, -0.1) is 0 Å². The summed E-state index contributed by atoms with van der Waals surface area (Å²) >= 11 is 0. The number of hydrazone groups is 1. The van der Waals surface area contributed by atoms with Crippen LogP contribution in [0.15, 0.2) is 59.7 Å². The summed E-state index contributed by atoms with van der Waals surface area (Å²) in [6, 6.07) is 17.1. The Balaban J connectivity index is 1.86. The van der Waals surface area contributed by atoms with E-state index in [-0.39, 0.29) is 6.04 Å². The summed E-state index contributed by atoms with van der Waals surface area (Å²) in [5.41, 5.74) is 4.04. The number of nitrogens with one attached hydrogen (secondary N) is 2. The quantitative estimate of drug-likeness (QED) is 0.456. The number of amides is 2. The third-order valence-corrected chi connectivity index (χ3v) is 3.68. The molecule has 1 atom stereocenters. The predicted molar refractivity (Wildman–Crippen MR) is 101 cm³/mol. The highest BCUT2D eigenvalue weighted by molar-refractivity contribution is 6.35. The highest BCUT2D eigenvalue weighted by Crippen LogP contribution is 2.14. The first-order valence-corrected chi connectivity index (χ1v) is 8.49. The fourth-order valence-corrected chi connectivity index (χ4v) is 2.03. The Labute approximate surface area is 153 Å². The van der Waals surface area contributed by atoms with Gasteiger partial charge in [-0.25, -0.2) is 5.43 Å². The normalized spacial score (nSPS) is 11.8. The number of carbonyl (C=O) groups is 2. The second-order valence-electron chi connectivity index (χ2n) is 5.83. The minimum atomic E-state index is -0.793. The van der Waals surface area contributed by atoms with Crippen molar-refractivity contribution in [1.82, 2.24) is 10.7 Å². The van der Waals surface area contributed by atoms with Gasteiger partial charge in [0.2, 0.25) is 0 Å². The molecule has 2 aromatic carbocycles. The fourth-order valence-electron chi connectivity index (χ4n) is 2.03. The van der Waals surface area contributed by atoms with E-state index in [1.807, 2.05) is 62.4 Å². The van der Waals surface area contributed by atoms with E-state index in [0.717, 1.165) is 17.5 Å². The van der Waals surface area contributed by atoms with Crippen molar-refractivity contribution >= 4 is 18.0 Å². The van der Waals surface area contributed by atoms with Crippen molar-refractivity contribution in [2.45, 2.75) is 32.9 Å². The molecule has 0 aliphatic carbocycles. The van der Waals surface area contributed by atoms with Crippen molar-refractivity contribution < 1.29 is 14.3 Å². The maximum atomic E-state index is 11.6. The molecule has 0 bridgehead atoms. The summed E-state index contributed by atoms with van der Waals surface area (Å²) < 4.78 is 5.74. The molecule has 2 aromatic rings. The molecule has 0 aliphatic rings. The first kappa shape index (κ1) is 19.2. The Hall–Kier alpha value is -3.15. The molecule has 0 saturated heterocycles. The third kappa shape index (κ3) is 6.39. The van der Waals surface area contributed by atoms with E-state index >= 15 is 0 Å². The topological polar surface area (TPSA) is 79.8 Å². The molecule has 0 aliphatic heterocycles. The van der Waals surface area contributed by atoms with Gasteiger partial charge in [-0.3, -0.25) is 9.59 Å². The Morgan fingerprint density at radius 1 is 1.12 bits per heavy atom. The van der Waals surface area contributed by atoms with E-state index in [0.29, 0.717) is 12.4 Å². The zero-order valence-corrected chi connectivity index (χ0v) is 14.9. The molecule has 2 amide bonds. The summed E-state index contributed by atoms with van der Waals surface area (Å²) in [5, 5.41) is 6.39. The van der Waals surface area contributed by atoms with Crippen molar-refractivity contribution in [1.29, 1.82) is 0 Å². The number of ether oxygens (including phenoxy) is 1. The van der Waals surface area contributed by atoms with Crippen LogP contribution in [-0.4, -0.2) is 24.1 Å². The minimum Gasteiger partial charge on any atom is -0.489 e. The molecule has 0 heterocycles. The van der Waals surface area contributed by atoms with Crippen LogP contribution in [0.4, 0.5) is 0 Å². The summed E-state index contributed by atoms with van der Waals surface area (Å²) in [6.45, 7) is 4.22. The second-order valence-corrected chi connectivity index (χ2v) is 5.83. The molecule has 0 aromatic heterocycles. The molecule has 6 nitrogen and oxygen atoms in total. The van der Waals surface area contributed by atoms with Crippen LogP contribution in [0.5, 0.6) is 5.75 Å². The van der Waals surface area contributed by atoms with Gasteiger partial charge in [0.1, 0.15) is 12.4 Å². The van der Waals surface area contributed by atoms with Gasteiger partial charge in [0.05, 0.1) is 6.21 Å². The summed E-state index contributed by atoms with van der Waals surface area (Å²) in [7, 11) is 0. The number of hydrogen-bond acceptors (Lipinski definition) is 4. The maximum Gasteiger partial charge on any atom is 0.329 e. The van der Waals surface area contributed by atoms with Crippen molar-refractivity contribution in [3.05, 3.63) is 65.7 Å². The van der Waals surface area contributed by atoms with E-state index < -0.39 is 11.8 Å². The number of rotatable bonds is 7. The molecule has 0 radical (unpaired) electrons. The number of benzene rings is 2. The Bertz CT molecular complexity index is 760. The maximum absolute atomic E-state index is 11.6. The molecular formula is C20H23N3O3. The predicted octanol–water partition coefficient (Wildman–Crippen LogP) is 2.63. The van der Waals surface area contributed by atoms with Gasteiger partial charge in [0, 0.05) is 6.04 Å². The summed E-state index contributed by atoms with van der Waals surface area (Å²) in [5.74, 6) is -0.798. The molecular weight excluding hydrogens is 330 g/mol. The SMILES string of the molecule is CCC(C)NC(=O)C(=O)NN=Cc1cccc(OCc2ccccc2)c1. The molecule has 0 spiro atoms. The minimum absolute atomic E-state index is 0.0596. The van der Waals surface area contributed by atoms with Crippen LogP contribution < -0.4 is 15.5 Å². The van der Waals surface area contributed by atoms with E-state index in [4.69, 9.17) is 4.74 Å². The standard InChI is InChI=1S/C20H23N3O3/c1-3-15(2)22-19(24)20(25)23-21-13-17-10-7-11-18(12-17)26-14-16-8-5-4-6-9-16/h4-13,15H,3,14H2,1-2H3,(H,22,24)(H,23,25). The molecule has 26 heavy (non-hydrogen) atoms. The fraction of sp³-hybridized carbons (Fsp3) is 0.250. The lowest BCUT2D eigenvalue weighted by molar-refractivity contribution is -0.139. The molecule has 1 unspecified atom stereocenters. The molecule has 0 saturated carbocycles. The molecule has 2 rings (SSSR count). The lowest BCUT2D eigenvalue weighted by atomic mass is 10.2. The van der Waals surface area contributed by atoms with E-state index in [1.165, 1.54) is 6.21 Å². The van der Waals surface area contributed by atoms with Gasteiger partial charge in [-0.1, -0.05) is 49.4 Å². The molecule has 6 heteroatoms. The Morgan fingerprint density at radius 3 is 2.62 bits per heavy atom. The van der Waals surface area contributed by atoms with Crippen LogP contribution in [0.1, 0.15) is 31.4 Å². The van der Waals surface area contributed by atoms with Crippen molar-refractivity contribution in [3.63, 3.8) is 0 Å². The smallest absolute Gasteiger partial charge is 0.329 e. The van der Waals surface area contributed by atoms with Crippen LogP contribution in [0.25, 0.3) is 0 Å². The highest BCUT2D eigenvalue weighted by Gasteiger charge is 2.14. The van der Waals surface area contributed by atoms with Crippen molar-refractivity contribution in [2.24, 2.45) is 5.10 Å². The number of nitrogens with zero attached hydrogens (tertiary/aromatic N) is 1. The summed E-state index contributed by atoms with van der Waals surface area (Å²) in [4.78, 5) is 23.3. The van der Waals surface area contributed by atoms with Crippen molar-refractivity contribution in [3.8, 4) is 5.75 Å². The second kappa shape index (κ2) is 9.98. The van der Waals surface area contributed by atoms with Crippen LogP contribution in [0, 0.1) is 0 Å². The van der Waals surface area contributed by atoms with Gasteiger partial charge >= 0.3 is 11.8 Å². The van der Waals surface area contributed by atoms with E-state index in [9.17, 15) is 9.59 Å². The monoisotopic (exact) mass is 353 g/mol. The van der Waals surface area contributed by atoms with Crippen molar-refractivity contribution in [2.75, 3.05) is 0 Å². The van der Waals surface area contributed by atoms with Crippen LogP contribution in [-0.2, 0) is 16.2 Å². The van der Waals surface area contributed by atoms with Gasteiger partial charge in [0.25, 0.3) is 0 Å². The lowest BCUT2D eigenvalue weighted by Crippen LogP contribution is -2.41. The van der Waals surface area contributed by atoms with Gasteiger partial charge in [-0.2, -0.15) is 5.10 Å².